The van der Waals surface area contributed by atoms with Gasteiger partial charge in [0.25, 0.3) is 0 Å². The monoisotopic (exact) mass is 361 g/mol. The molecule has 2 aromatic carbocycles. The molecule has 0 bridgehead atoms. The number of hydrogen-bond acceptors (Lipinski definition) is 2. The fourth-order valence-corrected chi connectivity index (χ4v) is 4.02. The van der Waals surface area contributed by atoms with E-state index in [0.717, 1.165) is 23.6 Å². The zero-order chi connectivity index (χ0) is 19.1. The van der Waals surface area contributed by atoms with Crippen molar-refractivity contribution in [1.82, 2.24) is 4.98 Å². The van der Waals surface area contributed by atoms with Crippen molar-refractivity contribution in [2.45, 2.75) is 52.4 Å². The molecule has 2 heteroatoms. The van der Waals surface area contributed by atoms with E-state index < -0.39 is 0 Å². The maximum Gasteiger partial charge on any atom is 0.119 e. The highest BCUT2D eigenvalue weighted by Gasteiger charge is 2.11. The van der Waals surface area contributed by atoms with Gasteiger partial charge in [-0.15, -0.1) is 0 Å². The predicted molar refractivity (Wildman–Crippen MR) is 115 cm³/mol. The van der Waals surface area contributed by atoms with Crippen LogP contribution in [0.15, 0.2) is 54.7 Å². The first-order chi connectivity index (χ1) is 13.2. The molecule has 0 aliphatic rings. The number of pyridine rings is 1. The molecule has 1 atom stereocenters. The van der Waals surface area contributed by atoms with Crippen molar-refractivity contribution in [1.29, 1.82) is 0 Å². The van der Waals surface area contributed by atoms with Gasteiger partial charge < -0.3 is 4.74 Å². The first-order valence-electron chi connectivity index (χ1n) is 10.2. The van der Waals surface area contributed by atoms with Gasteiger partial charge >= 0.3 is 0 Å². The topological polar surface area (TPSA) is 22.1 Å². The van der Waals surface area contributed by atoms with Crippen molar-refractivity contribution in [3.8, 4) is 5.75 Å². The molecule has 0 amide bonds. The van der Waals surface area contributed by atoms with Crippen LogP contribution in [0.25, 0.3) is 10.9 Å². The summed E-state index contributed by atoms with van der Waals surface area (Å²) in [5.41, 5.74) is 5.37. The van der Waals surface area contributed by atoms with Crippen molar-refractivity contribution >= 4 is 10.9 Å². The molecule has 0 unspecified atom stereocenters. The zero-order valence-electron chi connectivity index (χ0n) is 16.9. The molecule has 0 spiro atoms. The second kappa shape index (κ2) is 9.55. The summed E-state index contributed by atoms with van der Waals surface area (Å²) in [6.45, 7) is 4.53. The summed E-state index contributed by atoms with van der Waals surface area (Å²) in [4.78, 5) is 4.50. The Morgan fingerprint density at radius 1 is 1.00 bits per heavy atom. The second-order valence-corrected chi connectivity index (χ2v) is 7.53. The van der Waals surface area contributed by atoms with Crippen LogP contribution in [0.3, 0.4) is 0 Å². The Morgan fingerprint density at radius 3 is 2.63 bits per heavy atom. The normalized spacial score (nSPS) is 12.3. The molecule has 0 saturated heterocycles. The van der Waals surface area contributed by atoms with Crippen LogP contribution in [-0.4, -0.2) is 12.1 Å². The zero-order valence-corrected chi connectivity index (χ0v) is 16.9. The van der Waals surface area contributed by atoms with Crippen LogP contribution in [0.1, 0.15) is 49.3 Å². The van der Waals surface area contributed by atoms with Crippen LogP contribution in [0.4, 0.5) is 0 Å². The minimum atomic E-state index is 0.763. The highest BCUT2D eigenvalue weighted by molar-refractivity contribution is 5.83. The van der Waals surface area contributed by atoms with Crippen LogP contribution in [0, 0.1) is 12.8 Å². The van der Waals surface area contributed by atoms with Gasteiger partial charge in [-0.2, -0.15) is 0 Å². The lowest BCUT2D eigenvalue weighted by Crippen LogP contribution is -2.06. The van der Waals surface area contributed by atoms with Crippen LogP contribution in [-0.2, 0) is 12.8 Å². The van der Waals surface area contributed by atoms with Gasteiger partial charge in [0.15, 0.2) is 0 Å². The maximum atomic E-state index is 5.40. The van der Waals surface area contributed by atoms with Crippen LogP contribution < -0.4 is 4.74 Å². The molecule has 3 aromatic rings. The number of aromatic nitrogens is 1. The average Bonchev–Trinajstić information content (AvgIpc) is 2.69. The van der Waals surface area contributed by atoms with Gasteiger partial charge in [0.2, 0.25) is 0 Å². The highest BCUT2D eigenvalue weighted by atomic mass is 16.5. The Balaban J connectivity index is 1.66. The van der Waals surface area contributed by atoms with E-state index in [0.29, 0.717) is 0 Å². The third-order valence-electron chi connectivity index (χ3n) is 5.56. The van der Waals surface area contributed by atoms with E-state index in [9.17, 15) is 0 Å². The number of aryl methyl sites for hydroxylation is 2. The molecular formula is C25H31NO. The van der Waals surface area contributed by atoms with Gasteiger partial charge in [-0.25, -0.2) is 0 Å². The maximum absolute atomic E-state index is 5.40. The third-order valence-corrected chi connectivity index (χ3v) is 5.56. The number of fused-ring (bicyclic) bond motifs is 1. The van der Waals surface area contributed by atoms with E-state index in [1.54, 1.807) is 7.11 Å². The van der Waals surface area contributed by atoms with Crippen LogP contribution in [0.5, 0.6) is 5.75 Å². The van der Waals surface area contributed by atoms with E-state index in [2.05, 4.69) is 61.3 Å². The largest absolute Gasteiger partial charge is 0.497 e. The fourth-order valence-electron chi connectivity index (χ4n) is 4.02. The van der Waals surface area contributed by atoms with Gasteiger partial charge in [-0.3, -0.25) is 4.98 Å². The molecule has 0 saturated carbocycles. The standard InChI is InChI=1S/C25H31NO/c1-4-8-20(17-22-11-6-5-9-19(22)2)10-7-12-21-15-16-26-25-14-13-23(27-3)18-24(21)25/h5-6,9,11,13-16,18,20H,4,7-8,10,12,17H2,1-3H3/t20-/m1/s1. The minimum absolute atomic E-state index is 0.763. The van der Waals surface area contributed by atoms with E-state index in [1.165, 1.54) is 54.2 Å². The van der Waals surface area contributed by atoms with Gasteiger partial charge in [-0.05, 0) is 79.5 Å². The molecule has 142 valence electrons. The number of nitrogens with zero attached hydrogens (tertiary/aromatic N) is 1. The molecule has 27 heavy (non-hydrogen) atoms. The minimum Gasteiger partial charge on any atom is -0.497 e. The lowest BCUT2D eigenvalue weighted by molar-refractivity contribution is 0.415. The Bertz CT molecular complexity index is 871. The molecule has 0 radical (unpaired) electrons. The first kappa shape index (κ1) is 19.4. The summed E-state index contributed by atoms with van der Waals surface area (Å²) in [5, 5.41) is 1.22. The average molecular weight is 362 g/mol. The van der Waals surface area contributed by atoms with Crippen LogP contribution in [0.2, 0.25) is 0 Å². The SMILES string of the molecule is CCC[C@H](CCCc1ccnc2ccc(OC)cc12)Cc1ccccc1C. The van der Waals surface area contributed by atoms with Gasteiger partial charge in [0.05, 0.1) is 12.6 Å². The summed E-state index contributed by atoms with van der Waals surface area (Å²) >= 11 is 0. The summed E-state index contributed by atoms with van der Waals surface area (Å²) in [6.07, 6.45) is 9.28. The molecule has 0 fully saturated rings. The summed E-state index contributed by atoms with van der Waals surface area (Å²) < 4.78 is 5.40. The number of rotatable bonds is 9. The van der Waals surface area contributed by atoms with E-state index >= 15 is 0 Å². The predicted octanol–water partition coefficient (Wildman–Crippen LogP) is 6.53. The number of ether oxygens (including phenoxy) is 1. The molecule has 0 aliphatic carbocycles. The van der Waals surface area contributed by atoms with Gasteiger partial charge in [0.1, 0.15) is 5.75 Å². The van der Waals surface area contributed by atoms with Crippen molar-refractivity contribution in [2.75, 3.05) is 7.11 Å². The number of benzene rings is 2. The van der Waals surface area contributed by atoms with E-state index in [1.807, 2.05) is 12.3 Å². The lowest BCUT2D eigenvalue weighted by atomic mass is 9.88. The Hall–Kier alpha value is -2.35. The van der Waals surface area contributed by atoms with Gasteiger partial charge in [-0.1, -0.05) is 44.0 Å². The van der Waals surface area contributed by atoms with Crippen molar-refractivity contribution in [3.63, 3.8) is 0 Å². The molecule has 3 rings (SSSR count). The number of hydrogen-bond donors (Lipinski definition) is 0. The summed E-state index contributed by atoms with van der Waals surface area (Å²) in [7, 11) is 1.72. The van der Waals surface area contributed by atoms with E-state index in [4.69, 9.17) is 4.74 Å². The molecule has 1 aromatic heterocycles. The molecule has 0 N–H and O–H groups in total. The van der Waals surface area contributed by atoms with Crippen LogP contribution >= 0.6 is 0 Å². The quantitative estimate of drug-likeness (QED) is 0.432. The van der Waals surface area contributed by atoms with Crippen molar-refractivity contribution in [2.24, 2.45) is 5.92 Å². The Morgan fingerprint density at radius 2 is 1.85 bits per heavy atom. The summed E-state index contributed by atoms with van der Waals surface area (Å²) in [5.74, 6) is 1.67. The third kappa shape index (κ3) is 5.09. The van der Waals surface area contributed by atoms with Crippen molar-refractivity contribution < 1.29 is 4.74 Å². The summed E-state index contributed by atoms with van der Waals surface area (Å²) in [6, 6.07) is 17.1. The smallest absolute Gasteiger partial charge is 0.119 e. The molecule has 1 heterocycles. The van der Waals surface area contributed by atoms with Crippen molar-refractivity contribution in [3.05, 3.63) is 71.4 Å². The molecule has 0 aliphatic heterocycles. The Labute approximate surface area is 163 Å². The molecule has 2 nitrogen and oxygen atoms in total. The highest BCUT2D eigenvalue weighted by Crippen LogP contribution is 2.26. The first-order valence-corrected chi connectivity index (χ1v) is 10.2. The molecular weight excluding hydrogens is 330 g/mol. The van der Waals surface area contributed by atoms with Gasteiger partial charge in [0, 0.05) is 11.6 Å². The van der Waals surface area contributed by atoms with E-state index in [-0.39, 0.29) is 0 Å². The fraction of sp³-hybridized carbons (Fsp3) is 0.400. The lowest BCUT2D eigenvalue weighted by Gasteiger charge is -2.18. The second-order valence-electron chi connectivity index (χ2n) is 7.53. The Kier molecular flexibility index (Phi) is 6.86. The number of methoxy groups -OCH3 is 1.